The normalized spacial score (nSPS) is 16.0. The molecular formula is C26H34N2O7. The van der Waals surface area contributed by atoms with Crippen LogP contribution in [0.1, 0.15) is 38.8 Å². The van der Waals surface area contributed by atoms with Crippen LogP contribution in [0.5, 0.6) is 28.7 Å². The van der Waals surface area contributed by atoms with Gasteiger partial charge in [0.15, 0.2) is 23.0 Å². The van der Waals surface area contributed by atoms with Crippen molar-refractivity contribution in [3.05, 3.63) is 35.9 Å². The molecule has 2 aromatic rings. The van der Waals surface area contributed by atoms with Gasteiger partial charge in [0.2, 0.25) is 17.6 Å². The predicted octanol–water partition coefficient (Wildman–Crippen LogP) is 3.74. The van der Waals surface area contributed by atoms with E-state index in [1.54, 1.807) is 17.0 Å². The van der Waals surface area contributed by atoms with Crippen molar-refractivity contribution in [1.29, 1.82) is 0 Å². The molecule has 0 aromatic heterocycles. The Labute approximate surface area is 206 Å². The Morgan fingerprint density at radius 3 is 2.17 bits per heavy atom. The monoisotopic (exact) mass is 486 g/mol. The zero-order valence-corrected chi connectivity index (χ0v) is 21.2. The first-order valence-electron chi connectivity index (χ1n) is 11.7. The van der Waals surface area contributed by atoms with Gasteiger partial charge in [0.05, 0.1) is 52.2 Å². The van der Waals surface area contributed by atoms with Crippen LogP contribution in [0.3, 0.4) is 0 Å². The Kier molecular flexibility index (Phi) is 8.68. The summed E-state index contributed by atoms with van der Waals surface area (Å²) in [6.45, 7) is 7.01. The summed E-state index contributed by atoms with van der Waals surface area (Å²) >= 11 is 0. The van der Waals surface area contributed by atoms with Crippen molar-refractivity contribution in [2.24, 2.45) is 5.92 Å². The summed E-state index contributed by atoms with van der Waals surface area (Å²) in [7, 11) is 4.55. The van der Waals surface area contributed by atoms with Gasteiger partial charge in [-0.3, -0.25) is 9.59 Å². The standard InChI is InChI=1S/C26H34N2O7/c1-7-34-20-10-9-17(11-21(20)35-8-2)16(3)27-26(30)18-12-24(29)28(15-18)19-13-22(31-4)25(33-6)23(14-19)32-5/h9-11,13-14,16,18H,7-8,12,15H2,1-6H3,(H,27,30). The largest absolute Gasteiger partial charge is 0.493 e. The first-order chi connectivity index (χ1) is 16.9. The number of anilines is 1. The molecule has 1 saturated heterocycles. The molecule has 1 aliphatic heterocycles. The van der Waals surface area contributed by atoms with Crippen molar-refractivity contribution in [2.45, 2.75) is 33.2 Å². The maximum absolute atomic E-state index is 13.1. The van der Waals surface area contributed by atoms with E-state index >= 15 is 0 Å². The van der Waals surface area contributed by atoms with E-state index in [1.165, 1.54) is 21.3 Å². The fourth-order valence-electron chi connectivity index (χ4n) is 4.11. The van der Waals surface area contributed by atoms with Crippen molar-refractivity contribution < 1.29 is 33.3 Å². The van der Waals surface area contributed by atoms with Crippen LogP contribution in [0.2, 0.25) is 0 Å². The molecule has 2 atom stereocenters. The number of carbonyl (C=O) groups excluding carboxylic acids is 2. The van der Waals surface area contributed by atoms with Crippen LogP contribution < -0.4 is 33.9 Å². The Morgan fingerprint density at radius 1 is 0.971 bits per heavy atom. The molecule has 2 aromatic carbocycles. The molecular weight excluding hydrogens is 452 g/mol. The first-order valence-corrected chi connectivity index (χ1v) is 11.7. The van der Waals surface area contributed by atoms with Gasteiger partial charge in [0, 0.05) is 25.1 Å². The molecule has 1 N–H and O–H groups in total. The minimum atomic E-state index is -0.488. The number of hydrogen-bond donors (Lipinski definition) is 1. The van der Waals surface area contributed by atoms with Crippen molar-refractivity contribution in [3.63, 3.8) is 0 Å². The molecule has 0 saturated carbocycles. The van der Waals surface area contributed by atoms with Crippen LogP contribution in [0.4, 0.5) is 5.69 Å². The maximum atomic E-state index is 13.1. The molecule has 3 rings (SSSR count). The Bertz CT molecular complexity index is 1030. The fourth-order valence-corrected chi connectivity index (χ4v) is 4.11. The van der Waals surface area contributed by atoms with Gasteiger partial charge in [-0.05, 0) is 38.5 Å². The molecule has 9 heteroatoms. The van der Waals surface area contributed by atoms with E-state index in [1.807, 2.05) is 39.0 Å². The number of rotatable bonds is 11. The number of amides is 2. The Hall–Kier alpha value is -3.62. The predicted molar refractivity (Wildman–Crippen MR) is 132 cm³/mol. The summed E-state index contributed by atoms with van der Waals surface area (Å²) in [5.74, 6) is 1.80. The number of methoxy groups -OCH3 is 3. The van der Waals surface area contributed by atoms with E-state index in [4.69, 9.17) is 23.7 Å². The van der Waals surface area contributed by atoms with E-state index in [0.29, 0.717) is 47.6 Å². The summed E-state index contributed by atoms with van der Waals surface area (Å²) in [6.07, 6.45) is 0.114. The average molecular weight is 487 g/mol. The molecule has 0 bridgehead atoms. The fraction of sp³-hybridized carbons (Fsp3) is 0.462. The molecule has 2 amide bonds. The highest BCUT2D eigenvalue weighted by Gasteiger charge is 2.36. The summed E-state index contributed by atoms with van der Waals surface area (Å²) < 4.78 is 27.5. The van der Waals surface area contributed by atoms with Gasteiger partial charge in [-0.25, -0.2) is 0 Å². The third-order valence-electron chi connectivity index (χ3n) is 5.88. The smallest absolute Gasteiger partial charge is 0.227 e. The number of nitrogens with zero attached hydrogens (tertiary/aromatic N) is 1. The zero-order chi connectivity index (χ0) is 25.5. The van der Waals surface area contributed by atoms with Crippen molar-refractivity contribution in [3.8, 4) is 28.7 Å². The second kappa shape index (κ2) is 11.7. The molecule has 2 unspecified atom stereocenters. The van der Waals surface area contributed by atoms with Crippen LogP contribution in [-0.4, -0.2) is 52.9 Å². The van der Waals surface area contributed by atoms with Gasteiger partial charge in [-0.15, -0.1) is 0 Å². The number of carbonyl (C=O) groups is 2. The SMILES string of the molecule is CCOc1ccc(C(C)NC(=O)C2CC(=O)N(c3cc(OC)c(OC)c(OC)c3)C2)cc1OCC. The van der Waals surface area contributed by atoms with Crippen molar-refractivity contribution in [1.82, 2.24) is 5.32 Å². The maximum Gasteiger partial charge on any atom is 0.227 e. The number of hydrogen-bond acceptors (Lipinski definition) is 7. The first kappa shape index (κ1) is 26.0. The van der Waals surface area contributed by atoms with E-state index in [9.17, 15) is 9.59 Å². The Balaban J connectivity index is 1.73. The molecule has 0 aliphatic carbocycles. The molecule has 9 nitrogen and oxygen atoms in total. The lowest BCUT2D eigenvalue weighted by atomic mass is 10.0. The third-order valence-corrected chi connectivity index (χ3v) is 5.88. The van der Waals surface area contributed by atoms with E-state index in [-0.39, 0.29) is 30.8 Å². The second-order valence-electron chi connectivity index (χ2n) is 8.09. The van der Waals surface area contributed by atoms with Gasteiger partial charge < -0.3 is 33.9 Å². The lowest BCUT2D eigenvalue weighted by Crippen LogP contribution is -2.34. The van der Waals surface area contributed by atoms with E-state index in [0.717, 1.165) is 5.56 Å². The van der Waals surface area contributed by atoms with Crippen LogP contribution in [-0.2, 0) is 9.59 Å². The molecule has 1 aliphatic rings. The van der Waals surface area contributed by atoms with Gasteiger partial charge in [-0.2, -0.15) is 0 Å². The molecule has 35 heavy (non-hydrogen) atoms. The van der Waals surface area contributed by atoms with Crippen LogP contribution >= 0.6 is 0 Å². The van der Waals surface area contributed by atoms with Crippen molar-refractivity contribution >= 4 is 17.5 Å². The minimum Gasteiger partial charge on any atom is -0.493 e. The highest BCUT2D eigenvalue weighted by molar-refractivity contribution is 6.00. The Morgan fingerprint density at radius 2 is 1.60 bits per heavy atom. The molecule has 1 heterocycles. The molecule has 0 radical (unpaired) electrons. The minimum absolute atomic E-state index is 0.114. The van der Waals surface area contributed by atoms with Gasteiger partial charge in [-0.1, -0.05) is 6.07 Å². The van der Waals surface area contributed by atoms with E-state index in [2.05, 4.69) is 5.32 Å². The summed E-state index contributed by atoms with van der Waals surface area (Å²) in [5, 5.41) is 3.03. The second-order valence-corrected chi connectivity index (χ2v) is 8.09. The number of nitrogens with one attached hydrogen (secondary N) is 1. The van der Waals surface area contributed by atoms with E-state index < -0.39 is 5.92 Å². The third kappa shape index (κ3) is 5.72. The lowest BCUT2D eigenvalue weighted by Gasteiger charge is -2.21. The quantitative estimate of drug-likeness (QED) is 0.517. The van der Waals surface area contributed by atoms with Gasteiger partial charge >= 0.3 is 0 Å². The average Bonchev–Trinajstić information content (AvgIpc) is 3.26. The highest BCUT2D eigenvalue weighted by atomic mass is 16.5. The summed E-state index contributed by atoms with van der Waals surface area (Å²) in [4.78, 5) is 27.5. The number of benzene rings is 2. The van der Waals surface area contributed by atoms with Crippen molar-refractivity contribution in [2.75, 3.05) is 46.0 Å². The topological polar surface area (TPSA) is 95.6 Å². The lowest BCUT2D eigenvalue weighted by molar-refractivity contribution is -0.126. The molecule has 0 spiro atoms. The van der Waals surface area contributed by atoms with Crippen LogP contribution in [0.25, 0.3) is 0 Å². The van der Waals surface area contributed by atoms with Crippen LogP contribution in [0, 0.1) is 5.92 Å². The van der Waals surface area contributed by atoms with Gasteiger partial charge in [0.1, 0.15) is 0 Å². The molecule has 1 fully saturated rings. The van der Waals surface area contributed by atoms with Crippen LogP contribution in [0.15, 0.2) is 30.3 Å². The highest BCUT2D eigenvalue weighted by Crippen LogP contribution is 2.42. The number of ether oxygens (including phenoxy) is 5. The summed E-state index contributed by atoms with van der Waals surface area (Å²) in [6, 6.07) is 8.76. The summed E-state index contributed by atoms with van der Waals surface area (Å²) in [5.41, 5.74) is 1.47. The van der Waals surface area contributed by atoms with Gasteiger partial charge in [0.25, 0.3) is 0 Å². The molecule has 190 valence electrons. The zero-order valence-electron chi connectivity index (χ0n) is 21.2.